The quantitative estimate of drug-likeness (QED) is 0.466. The second-order valence-electron chi connectivity index (χ2n) is 1.50. The van der Waals surface area contributed by atoms with Crippen LogP contribution in [0.4, 0.5) is 4.39 Å². The molecule has 0 aliphatic carbocycles. The van der Waals surface area contributed by atoms with Crippen molar-refractivity contribution in [3.8, 4) is 0 Å². The molecule has 1 aromatic rings. The van der Waals surface area contributed by atoms with E-state index in [1.807, 2.05) is 5.82 Å². The van der Waals surface area contributed by atoms with Gasteiger partial charge in [0.2, 0.25) is 0 Å². The van der Waals surface area contributed by atoms with Crippen molar-refractivity contribution in [1.29, 1.82) is 0 Å². The van der Waals surface area contributed by atoms with Crippen LogP contribution in [0.2, 0.25) is 5.82 Å². The zero-order valence-corrected chi connectivity index (χ0v) is 6.68. The molecule has 0 unspecified atom stereocenters. The van der Waals surface area contributed by atoms with Crippen molar-refractivity contribution < 1.29 is 4.39 Å². The molecule has 1 nitrogen and oxygen atoms in total. The van der Waals surface area contributed by atoms with E-state index in [9.17, 15) is 4.39 Å². The molecule has 0 fully saturated rings. The Morgan fingerprint density at radius 3 is 2.89 bits per heavy atom. The average Bonchev–Trinajstić information content (AvgIpc) is 1.89. The zero-order valence-electron chi connectivity index (χ0n) is 4.97. The fourth-order valence-corrected chi connectivity index (χ4v) is 1.44. The second kappa shape index (κ2) is 2.95. The minimum absolute atomic E-state index is 0.221. The summed E-state index contributed by atoms with van der Waals surface area (Å²) in [4.78, 5) is 3.50. The minimum atomic E-state index is -0.319. The summed E-state index contributed by atoms with van der Waals surface area (Å²) in [7, 11) is 0. The number of nitrogens with zero attached hydrogens (tertiary/aromatic N) is 1. The van der Waals surface area contributed by atoms with Gasteiger partial charge >= 0.3 is 58.9 Å². The average molecular weight is 190 g/mol. The third kappa shape index (κ3) is 1.50. The Labute approximate surface area is 59.5 Å². The Bertz CT molecular complexity index is 202. The van der Waals surface area contributed by atoms with E-state index in [2.05, 4.69) is 4.98 Å². The number of halogens is 1. The van der Waals surface area contributed by atoms with E-state index < -0.39 is 0 Å². The van der Waals surface area contributed by atoms with Gasteiger partial charge in [0.25, 0.3) is 0 Å². The van der Waals surface area contributed by atoms with Gasteiger partial charge in [-0.3, -0.25) is 0 Å². The van der Waals surface area contributed by atoms with Crippen LogP contribution in [0, 0.1) is 5.95 Å². The Hall–Kier alpha value is -0.401. The third-order valence-corrected chi connectivity index (χ3v) is 2.51. The van der Waals surface area contributed by atoms with Gasteiger partial charge in [-0.1, -0.05) is 0 Å². The van der Waals surface area contributed by atoms with E-state index in [0.717, 1.165) is 4.46 Å². The van der Waals surface area contributed by atoms with Crippen LogP contribution in [-0.4, -0.2) is 19.9 Å². The van der Waals surface area contributed by atoms with Gasteiger partial charge in [-0.05, 0) is 0 Å². The van der Waals surface area contributed by atoms with Gasteiger partial charge in [0.1, 0.15) is 0 Å². The summed E-state index contributed by atoms with van der Waals surface area (Å²) in [6.45, 7) is 0. The van der Waals surface area contributed by atoms with Crippen LogP contribution >= 0.6 is 0 Å². The Morgan fingerprint density at radius 1 is 1.67 bits per heavy atom. The standard InChI is InChI=1S/C6H6FNSe/c1-9-5-3-2-4-8-6(5)7/h2-4H,1H3. The molecule has 48 valence electrons. The SMILES string of the molecule is C[Se]c1cccnc1F. The van der Waals surface area contributed by atoms with Crippen LogP contribution in [-0.2, 0) is 0 Å². The molecule has 0 aromatic carbocycles. The van der Waals surface area contributed by atoms with Crippen molar-refractivity contribution in [2.45, 2.75) is 5.82 Å². The van der Waals surface area contributed by atoms with Crippen molar-refractivity contribution in [3.05, 3.63) is 24.3 Å². The molecule has 0 aliphatic rings. The Kier molecular flexibility index (Phi) is 2.20. The van der Waals surface area contributed by atoms with Crippen molar-refractivity contribution in [3.63, 3.8) is 0 Å². The van der Waals surface area contributed by atoms with E-state index >= 15 is 0 Å². The molecular weight excluding hydrogens is 184 g/mol. The molecule has 0 atom stereocenters. The summed E-state index contributed by atoms with van der Waals surface area (Å²) in [5.41, 5.74) is 0. The molecule has 0 radical (unpaired) electrons. The first kappa shape index (κ1) is 6.72. The first-order valence-electron chi connectivity index (χ1n) is 2.49. The molecular formula is C6H6FNSe. The van der Waals surface area contributed by atoms with E-state index in [0.29, 0.717) is 0 Å². The van der Waals surface area contributed by atoms with E-state index in [1.165, 1.54) is 6.20 Å². The normalized spacial score (nSPS) is 9.56. The molecule has 1 heterocycles. The number of rotatable bonds is 1. The number of aromatic nitrogens is 1. The van der Waals surface area contributed by atoms with Gasteiger partial charge in [-0.2, -0.15) is 0 Å². The Morgan fingerprint density at radius 2 is 2.44 bits per heavy atom. The topological polar surface area (TPSA) is 12.9 Å². The summed E-state index contributed by atoms with van der Waals surface area (Å²) in [5.74, 6) is 1.65. The van der Waals surface area contributed by atoms with Crippen LogP contribution in [0.3, 0.4) is 0 Å². The third-order valence-electron chi connectivity index (χ3n) is 0.945. The first-order chi connectivity index (χ1) is 4.34. The summed E-state index contributed by atoms with van der Waals surface area (Å²) < 4.78 is 13.2. The molecule has 0 N–H and O–H groups in total. The predicted octanol–water partition coefficient (Wildman–Crippen LogP) is 0.598. The van der Waals surface area contributed by atoms with Gasteiger partial charge in [0, 0.05) is 0 Å². The monoisotopic (exact) mass is 191 g/mol. The molecule has 0 saturated carbocycles. The van der Waals surface area contributed by atoms with Gasteiger partial charge in [0.05, 0.1) is 0 Å². The fraction of sp³-hybridized carbons (Fsp3) is 0.167. The van der Waals surface area contributed by atoms with Crippen LogP contribution in [0.1, 0.15) is 0 Å². The molecule has 3 heteroatoms. The predicted molar refractivity (Wildman–Crippen MR) is 35.4 cm³/mol. The Balaban J connectivity index is 3.01. The van der Waals surface area contributed by atoms with Crippen LogP contribution in [0.15, 0.2) is 18.3 Å². The van der Waals surface area contributed by atoms with Gasteiger partial charge in [-0.25, -0.2) is 0 Å². The first-order valence-corrected chi connectivity index (χ1v) is 5.06. The number of hydrogen-bond donors (Lipinski definition) is 0. The second-order valence-corrected chi connectivity index (χ2v) is 3.28. The molecule has 1 aromatic heterocycles. The van der Waals surface area contributed by atoms with Crippen molar-refractivity contribution in [2.24, 2.45) is 0 Å². The van der Waals surface area contributed by atoms with Crippen LogP contribution < -0.4 is 4.46 Å². The van der Waals surface area contributed by atoms with E-state index in [4.69, 9.17) is 0 Å². The van der Waals surface area contributed by atoms with Crippen molar-refractivity contribution in [2.75, 3.05) is 0 Å². The van der Waals surface area contributed by atoms with E-state index in [1.54, 1.807) is 12.1 Å². The maximum atomic E-state index is 12.5. The summed E-state index contributed by atoms with van der Waals surface area (Å²) >= 11 is 0.221. The summed E-state index contributed by atoms with van der Waals surface area (Å²) in [6.07, 6.45) is 1.46. The zero-order chi connectivity index (χ0) is 6.69. The van der Waals surface area contributed by atoms with Gasteiger partial charge in [0.15, 0.2) is 0 Å². The molecule has 0 saturated heterocycles. The van der Waals surface area contributed by atoms with E-state index in [-0.39, 0.29) is 20.9 Å². The van der Waals surface area contributed by atoms with Gasteiger partial charge < -0.3 is 0 Å². The summed E-state index contributed by atoms with van der Waals surface area (Å²) in [6, 6.07) is 3.52. The van der Waals surface area contributed by atoms with Crippen LogP contribution in [0.5, 0.6) is 0 Å². The summed E-state index contributed by atoms with van der Waals surface area (Å²) in [5, 5.41) is 0. The molecule has 0 aliphatic heterocycles. The van der Waals surface area contributed by atoms with Crippen molar-refractivity contribution in [1.82, 2.24) is 4.98 Å². The van der Waals surface area contributed by atoms with Crippen molar-refractivity contribution >= 4 is 19.4 Å². The molecule has 0 bridgehead atoms. The van der Waals surface area contributed by atoms with Crippen LogP contribution in [0.25, 0.3) is 0 Å². The molecule has 0 spiro atoms. The molecule has 9 heavy (non-hydrogen) atoms. The molecule has 1 rings (SSSR count). The maximum absolute atomic E-state index is 12.5. The fourth-order valence-electron chi connectivity index (χ4n) is 0.524. The number of pyridine rings is 1. The van der Waals surface area contributed by atoms with Gasteiger partial charge in [-0.15, -0.1) is 0 Å². The molecule has 0 amide bonds. The number of hydrogen-bond acceptors (Lipinski definition) is 1.